The van der Waals surface area contributed by atoms with Gasteiger partial charge < -0.3 is 0 Å². The maximum atomic E-state index is 12.6. The molecule has 0 aliphatic carbocycles. The summed E-state index contributed by atoms with van der Waals surface area (Å²) in [5.41, 5.74) is 3.80. The molecule has 1 aromatic carbocycles. The van der Waals surface area contributed by atoms with Crippen molar-refractivity contribution >= 4 is 33.3 Å². The monoisotopic (exact) mass is 342 g/mol. The summed E-state index contributed by atoms with van der Waals surface area (Å²) in [6, 6.07) is 8.29. The molecule has 3 aromatic rings. The van der Waals surface area contributed by atoms with Crippen molar-refractivity contribution in [3.05, 3.63) is 69.3 Å². The topological polar surface area (TPSA) is 34.9 Å². The van der Waals surface area contributed by atoms with E-state index in [1.807, 2.05) is 11.4 Å². The first-order valence-corrected chi connectivity index (χ1v) is 9.24. The summed E-state index contributed by atoms with van der Waals surface area (Å²) in [6.45, 7) is 8.44. The van der Waals surface area contributed by atoms with Crippen LogP contribution in [0.25, 0.3) is 10.2 Å². The smallest absolute Gasteiger partial charge is 0.263 e. The van der Waals surface area contributed by atoms with Crippen LogP contribution in [0, 0.1) is 13.8 Å². The van der Waals surface area contributed by atoms with Crippen molar-refractivity contribution in [3.63, 3.8) is 0 Å². The largest absolute Gasteiger partial charge is 0.283 e. The van der Waals surface area contributed by atoms with E-state index in [0.29, 0.717) is 11.9 Å². The zero-order valence-corrected chi connectivity index (χ0v) is 14.8. The number of nitrogens with zero attached hydrogens (tertiary/aromatic N) is 2. The lowest BCUT2D eigenvalue weighted by Crippen LogP contribution is -2.22. The van der Waals surface area contributed by atoms with Crippen molar-refractivity contribution in [2.75, 3.05) is 0 Å². The molecule has 5 heteroatoms. The molecule has 118 valence electrons. The lowest BCUT2D eigenvalue weighted by Gasteiger charge is -2.11. The standard InChI is InChI=1S/C18H18N2OS2/c1-4-8-20-17(21)15-7-9-22-16(15)19-18(20)23-11-14-10-12(2)5-6-13(14)3/h4-7,9-10H,1,8,11H2,2-3H3. The summed E-state index contributed by atoms with van der Waals surface area (Å²) in [4.78, 5) is 18.1. The molecular formula is C18H18N2OS2. The minimum atomic E-state index is 0.0135. The molecule has 0 fully saturated rings. The Morgan fingerprint density at radius 2 is 2.17 bits per heavy atom. The molecule has 23 heavy (non-hydrogen) atoms. The van der Waals surface area contributed by atoms with E-state index in [1.165, 1.54) is 28.0 Å². The summed E-state index contributed by atoms with van der Waals surface area (Å²) in [6.07, 6.45) is 1.74. The summed E-state index contributed by atoms with van der Waals surface area (Å²) < 4.78 is 1.71. The molecule has 0 aliphatic heterocycles. The molecule has 3 nitrogen and oxygen atoms in total. The zero-order chi connectivity index (χ0) is 16.4. The average Bonchev–Trinajstić information content (AvgIpc) is 3.00. The first-order chi connectivity index (χ1) is 11.1. The van der Waals surface area contributed by atoms with Gasteiger partial charge in [0.1, 0.15) is 4.83 Å². The summed E-state index contributed by atoms with van der Waals surface area (Å²) >= 11 is 3.11. The number of thiophene rings is 1. The van der Waals surface area contributed by atoms with E-state index in [9.17, 15) is 4.79 Å². The Morgan fingerprint density at radius 1 is 1.35 bits per heavy atom. The second-order valence-electron chi connectivity index (χ2n) is 5.46. The third kappa shape index (κ3) is 3.26. The Balaban J connectivity index is 1.98. The molecule has 0 spiro atoms. The summed E-state index contributed by atoms with van der Waals surface area (Å²) in [7, 11) is 0. The van der Waals surface area contributed by atoms with E-state index < -0.39 is 0 Å². The van der Waals surface area contributed by atoms with Gasteiger partial charge >= 0.3 is 0 Å². The molecule has 0 atom stereocenters. The van der Waals surface area contributed by atoms with Crippen LogP contribution in [-0.4, -0.2) is 9.55 Å². The van der Waals surface area contributed by atoms with Crippen molar-refractivity contribution in [3.8, 4) is 0 Å². The van der Waals surface area contributed by atoms with Gasteiger partial charge in [0, 0.05) is 12.3 Å². The van der Waals surface area contributed by atoms with Gasteiger partial charge in [-0.3, -0.25) is 9.36 Å². The lowest BCUT2D eigenvalue weighted by molar-refractivity contribution is 0.673. The second-order valence-corrected chi connectivity index (χ2v) is 7.29. The Bertz CT molecular complexity index is 924. The maximum Gasteiger partial charge on any atom is 0.263 e. The predicted molar refractivity (Wildman–Crippen MR) is 99.6 cm³/mol. The Hall–Kier alpha value is -1.85. The number of allylic oxidation sites excluding steroid dienone is 1. The Kier molecular flexibility index (Phi) is 4.68. The third-order valence-electron chi connectivity index (χ3n) is 3.72. The van der Waals surface area contributed by atoms with E-state index in [1.54, 1.807) is 22.4 Å². The van der Waals surface area contributed by atoms with Crippen molar-refractivity contribution < 1.29 is 0 Å². The van der Waals surface area contributed by atoms with Gasteiger partial charge in [0.05, 0.1) is 5.39 Å². The molecule has 0 bridgehead atoms. The number of rotatable bonds is 5. The van der Waals surface area contributed by atoms with Gasteiger partial charge in [-0.2, -0.15) is 0 Å². The van der Waals surface area contributed by atoms with Crippen LogP contribution in [-0.2, 0) is 12.3 Å². The molecule has 0 N–H and O–H groups in total. The highest BCUT2D eigenvalue weighted by atomic mass is 32.2. The van der Waals surface area contributed by atoms with E-state index in [4.69, 9.17) is 0 Å². The molecule has 0 amide bonds. The lowest BCUT2D eigenvalue weighted by atomic mass is 10.1. The molecule has 0 saturated heterocycles. The van der Waals surface area contributed by atoms with Crippen molar-refractivity contribution in [2.24, 2.45) is 0 Å². The summed E-state index contributed by atoms with van der Waals surface area (Å²) in [5.74, 6) is 0.800. The van der Waals surface area contributed by atoms with Gasteiger partial charge in [-0.25, -0.2) is 4.98 Å². The van der Waals surface area contributed by atoms with Crippen molar-refractivity contribution in [2.45, 2.75) is 31.3 Å². The van der Waals surface area contributed by atoms with E-state index in [2.05, 4.69) is 43.6 Å². The molecule has 3 rings (SSSR count). The number of fused-ring (bicyclic) bond motifs is 1. The second kappa shape index (κ2) is 6.72. The highest BCUT2D eigenvalue weighted by molar-refractivity contribution is 7.98. The van der Waals surface area contributed by atoms with Crippen LogP contribution in [0.4, 0.5) is 0 Å². The number of hydrogen-bond donors (Lipinski definition) is 0. The van der Waals surface area contributed by atoms with Crippen LogP contribution in [0.1, 0.15) is 16.7 Å². The first-order valence-electron chi connectivity index (χ1n) is 7.38. The quantitative estimate of drug-likeness (QED) is 0.387. The molecule has 0 radical (unpaired) electrons. The average molecular weight is 342 g/mol. The molecule has 0 aliphatic rings. The van der Waals surface area contributed by atoms with Gasteiger partial charge in [0.25, 0.3) is 5.56 Å². The maximum absolute atomic E-state index is 12.6. The number of aryl methyl sites for hydroxylation is 2. The van der Waals surface area contributed by atoms with Crippen LogP contribution >= 0.6 is 23.1 Å². The number of hydrogen-bond acceptors (Lipinski definition) is 4. The first kappa shape index (κ1) is 16.0. The molecule has 0 saturated carbocycles. The van der Waals surface area contributed by atoms with Gasteiger partial charge in [-0.1, -0.05) is 41.6 Å². The molecule has 0 unspecified atom stereocenters. The van der Waals surface area contributed by atoms with Crippen LogP contribution in [0.5, 0.6) is 0 Å². The minimum absolute atomic E-state index is 0.0135. The summed E-state index contributed by atoms with van der Waals surface area (Å²) in [5, 5.41) is 3.36. The van der Waals surface area contributed by atoms with Gasteiger partial charge in [0.2, 0.25) is 0 Å². The normalized spacial score (nSPS) is 11.0. The van der Waals surface area contributed by atoms with Gasteiger partial charge in [0.15, 0.2) is 5.16 Å². The molecule has 2 aromatic heterocycles. The fourth-order valence-corrected chi connectivity index (χ4v) is 4.31. The number of aromatic nitrogens is 2. The highest BCUT2D eigenvalue weighted by Crippen LogP contribution is 2.25. The van der Waals surface area contributed by atoms with Gasteiger partial charge in [-0.15, -0.1) is 17.9 Å². The van der Waals surface area contributed by atoms with E-state index in [0.717, 1.165) is 15.7 Å². The predicted octanol–water partition coefficient (Wildman–Crippen LogP) is 4.55. The minimum Gasteiger partial charge on any atom is -0.283 e. The van der Waals surface area contributed by atoms with Crippen LogP contribution in [0.3, 0.4) is 0 Å². The number of benzene rings is 1. The zero-order valence-electron chi connectivity index (χ0n) is 13.2. The Morgan fingerprint density at radius 3 is 2.96 bits per heavy atom. The number of thioether (sulfide) groups is 1. The fraction of sp³-hybridized carbons (Fsp3) is 0.222. The van der Waals surface area contributed by atoms with Crippen molar-refractivity contribution in [1.29, 1.82) is 0 Å². The van der Waals surface area contributed by atoms with Crippen LogP contribution < -0.4 is 5.56 Å². The highest BCUT2D eigenvalue weighted by Gasteiger charge is 2.12. The van der Waals surface area contributed by atoms with E-state index >= 15 is 0 Å². The van der Waals surface area contributed by atoms with Gasteiger partial charge in [-0.05, 0) is 36.4 Å². The fourth-order valence-electron chi connectivity index (χ4n) is 2.43. The molecule has 2 heterocycles. The SMILES string of the molecule is C=CCn1c(SCc2cc(C)ccc2C)nc2sccc2c1=O. The third-order valence-corrected chi connectivity index (χ3v) is 5.55. The van der Waals surface area contributed by atoms with Crippen LogP contribution in [0.15, 0.2) is 52.3 Å². The van der Waals surface area contributed by atoms with Crippen molar-refractivity contribution in [1.82, 2.24) is 9.55 Å². The Labute approximate surface area is 143 Å². The van der Waals surface area contributed by atoms with Crippen LogP contribution in [0.2, 0.25) is 0 Å². The molecular weight excluding hydrogens is 324 g/mol. The van der Waals surface area contributed by atoms with E-state index in [-0.39, 0.29) is 5.56 Å².